The zero-order valence-electron chi connectivity index (χ0n) is 23.8. The summed E-state index contributed by atoms with van der Waals surface area (Å²) < 4.78 is 34.6. The molecule has 0 aliphatic heterocycles. The van der Waals surface area contributed by atoms with Crippen molar-refractivity contribution in [3.63, 3.8) is 0 Å². The molecule has 8 nitrogen and oxygen atoms in total. The van der Waals surface area contributed by atoms with Gasteiger partial charge in [0.25, 0.3) is 10.0 Å². The molecule has 1 atom stereocenters. The molecule has 3 aromatic rings. The minimum Gasteiger partial charge on any atom is -0.495 e. The average molecular weight is 633 g/mol. The van der Waals surface area contributed by atoms with E-state index >= 15 is 0 Å². The highest BCUT2D eigenvalue weighted by molar-refractivity contribution is 7.92. The number of carbonyl (C=O) groups excluding carboxylic acids is 2. The first kappa shape index (κ1) is 31.7. The topological polar surface area (TPSA) is 96.0 Å². The molecule has 4 rings (SSSR count). The van der Waals surface area contributed by atoms with Crippen molar-refractivity contribution in [2.45, 2.75) is 63.1 Å². The molecule has 3 aromatic carbocycles. The zero-order valence-corrected chi connectivity index (χ0v) is 26.2. The molecule has 1 N–H and O–H groups in total. The molecule has 1 unspecified atom stereocenters. The van der Waals surface area contributed by atoms with Crippen LogP contribution in [0.4, 0.5) is 5.69 Å². The average Bonchev–Trinajstić information content (AvgIpc) is 3.49. The minimum atomic E-state index is -4.22. The number of ether oxygens (including phenoxy) is 1. The third-order valence-electron chi connectivity index (χ3n) is 7.45. The van der Waals surface area contributed by atoms with Crippen molar-refractivity contribution in [2.24, 2.45) is 0 Å². The molecule has 1 aliphatic rings. The van der Waals surface area contributed by atoms with Crippen LogP contribution in [-0.4, -0.2) is 50.9 Å². The quantitative estimate of drug-likeness (QED) is 0.281. The van der Waals surface area contributed by atoms with Crippen LogP contribution in [0.25, 0.3) is 0 Å². The van der Waals surface area contributed by atoms with Gasteiger partial charge in [0.05, 0.1) is 27.7 Å². The summed E-state index contributed by atoms with van der Waals surface area (Å²) in [5, 5.41) is 3.72. The summed E-state index contributed by atoms with van der Waals surface area (Å²) in [7, 11) is -2.78. The fourth-order valence-electron chi connectivity index (χ4n) is 5.00. The monoisotopic (exact) mass is 631 g/mol. The molecule has 0 radical (unpaired) electrons. The number of rotatable bonds is 11. The van der Waals surface area contributed by atoms with Gasteiger partial charge < -0.3 is 15.0 Å². The highest BCUT2D eigenvalue weighted by Gasteiger charge is 2.34. The van der Waals surface area contributed by atoms with Gasteiger partial charge in [-0.15, -0.1) is 0 Å². The molecule has 0 heterocycles. The van der Waals surface area contributed by atoms with Crippen molar-refractivity contribution in [2.75, 3.05) is 18.0 Å². The van der Waals surface area contributed by atoms with Gasteiger partial charge in [0, 0.05) is 12.6 Å². The SMILES string of the molecule is COc1ccccc1N(CC(=O)N(Cc1ccc(Cl)c(Cl)c1)C(C)C(=O)NC1CCCC1)S(=O)(=O)c1ccc(C)cc1. The summed E-state index contributed by atoms with van der Waals surface area (Å²) in [6, 6.07) is 17.1. The number of hydrogen-bond acceptors (Lipinski definition) is 5. The molecule has 11 heteroatoms. The summed E-state index contributed by atoms with van der Waals surface area (Å²) >= 11 is 12.4. The van der Waals surface area contributed by atoms with E-state index in [4.69, 9.17) is 27.9 Å². The fraction of sp³-hybridized carbons (Fsp3) is 0.355. The Balaban J connectivity index is 1.72. The van der Waals surface area contributed by atoms with E-state index in [1.807, 2.05) is 6.92 Å². The smallest absolute Gasteiger partial charge is 0.264 e. The van der Waals surface area contributed by atoms with Crippen LogP contribution in [0.15, 0.2) is 71.6 Å². The number of hydrogen-bond donors (Lipinski definition) is 1. The van der Waals surface area contributed by atoms with E-state index < -0.39 is 28.5 Å². The lowest BCUT2D eigenvalue weighted by molar-refractivity contribution is -0.139. The van der Waals surface area contributed by atoms with Crippen molar-refractivity contribution in [1.29, 1.82) is 0 Å². The van der Waals surface area contributed by atoms with Gasteiger partial charge >= 0.3 is 0 Å². The van der Waals surface area contributed by atoms with E-state index in [1.165, 1.54) is 24.1 Å². The second kappa shape index (κ2) is 13.8. The summed E-state index contributed by atoms with van der Waals surface area (Å²) in [5.41, 5.74) is 1.73. The van der Waals surface area contributed by atoms with Crippen LogP contribution in [0.3, 0.4) is 0 Å². The van der Waals surface area contributed by atoms with Gasteiger partial charge in [-0.3, -0.25) is 13.9 Å². The number of aryl methyl sites for hydroxylation is 1. The first-order chi connectivity index (χ1) is 20.0. The van der Waals surface area contributed by atoms with E-state index in [9.17, 15) is 18.0 Å². The van der Waals surface area contributed by atoms with Crippen molar-refractivity contribution in [3.05, 3.63) is 87.9 Å². The first-order valence-electron chi connectivity index (χ1n) is 13.8. The summed E-state index contributed by atoms with van der Waals surface area (Å²) in [6.45, 7) is 2.94. The van der Waals surface area contributed by atoms with Crippen molar-refractivity contribution in [3.8, 4) is 5.75 Å². The van der Waals surface area contributed by atoms with Crippen LogP contribution in [0.5, 0.6) is 5.75 Å². The normalized spacial score (nSPS) is 14.3. The maximum absolute atomic E-state index is 14.1. The molecule has 42 heavy (non-hydrogen) atoms. The Kier molecular flexibility index (Phi) is 10.4. The maximum Gasteiger partial charge on any atom is 0.264 e. The summed E-state index contributed by atoms with van der Waals surface area (Å²) in [6.07, 6.45) is 3.84. The van der Waals surface area contributed by atoms with Crippen LogP contribution >= 0.6 is 23.2 Å². The van der Waals surface area contributed by atoms with Gasteiger partial charge in [-0.2, -0.15) is 0 Å². The number of methoxy groups -OCH3 is 1. The number of carbonyl (C=O) groups is 2. The van der Waals surface area contributed by atoms with Gasteiger partial charge in [-0.1, -0.05) is 71.9 Å². The Labute approximate surface area is 257 Å². The minimum absolute atomic E-state index is 0.0132. The Morgan fingerprint density at radius 1 is 1.00 bits per heavy atom. The molecular weight excluding hydrogens is 597 g/mol. The van der Waals surface area contributed by atoms with Crippen LogP contribution in [0, 0.1) is 6.92 Å². The second-order valence-electron chi connectivity index (χ2n) is 10.4. The Morgan fingerprint density at radius 2 is 1.67 bits per heavy atom. The molecule has 1 saturated carbocycles. The molecule has 224 valence electrons. The fourth-order valence-corrected chi connectivity index (χ4v) is 6.74. The third kappa shape index (κ3) is 7.38. The van der Waals surface area contributed by atoms with Gasteiger partial charge in [0.1, 0.15) is 18.3 Å². The van der Waals surface area contributed by atoms with Gasteiger partial charge in [-0.25, -0.2) is 8.42 Å². The Morgan fingerprint density at radius 3 is 2.31 bits per heavy atom. The summed E-state index contributed by atoms with van der Waals surface area (Å²) in [4.78, 5) is 28.9. The van der Waals surface area contributed by atoms with E-state index in [1.54, 1.807) is 61.5 Å². The molecular formula is C31H35Cl2N3O5S. The van der Waals surface area contributed by atoms with Gasteiger partial charge in [-0.05, 0) is 68.7 Å². The molecule has 0 aromatic heterocycles. The molecule has 2 amide bonds. The highest BCUT2D eigenvalue weighted by atomic mass is 35.5. The number of amides is 2. The second-order valence-corrected chi connectivity index (χ2v) is 13.1. The number of anilines is 1. The molecule has 0 bridgehead atoms. The summed E-state index contributed by atoms with van der Waals surface area (Å²) in [5.74, 6) is -0.596. The molecule has 0 spiro atoms. The van der Waals surface area contributed by atoms with Crippen LogP contribution in [0.1, 0.15) is 43.7 Å². The van der Waals surface area contributed by atoms with Gasteiger partial charge in [0.15, 0.2) is 0 Å². The number of nitrogens with one attached hydrogen (secondary N) is 1. The largest absolute Gasteiger partial charge is 0.495 e. The van der Waals surface area contributed by atoms with Crippen LogP contribution < -0.4 is 14.4 Å². The number of nitrogens with zero attached hydrogens (tertiary/aromatic N) is 2. The van der Waals surface area contributed by atoms with Crippen LogP contribution in [0.2, 0.25) is 10.0 Å². The lowest BCUT2D eigenvalue weighted by Gasteiger charge is -2.33. The zero-order chi connectivity index (χ0) is 30.4. The Hall–Kier alpha value is -3.27. The lowest BCUT2D eigenvalue weighted by atomic mass is 10.1. The van der Waals surface area contributed by atoms with Gasteiger partial charge in [0.2, 0.25) is 11.8 Å². The number of sulfonamides is 1. The van der Waals surface area contributed by atoms with Crippen molar-refractivity contribution in [1.82, 2.24) is 10.2 Å². The standard InChI is InChI=1S/C31H35Cl2N3O5S/c1-21-12-15-25(16-13-21)42(39,40)36(28-10-6-7-11-29(28)41-3)20-30(37)35(19-23-14-17-26(32)27(33)18-23)22(2)31(38)34-24-8-4-5-9-24/h6-7,10-18,22,24H,4-5,8-9,19-20H2,1-3H3,(H,34,38). The number of benzene rings is 3. The van der Waals surface area contributed by atoms with E-state index in [0.717, 1.165) is 35.6 Å². The predicted octanol–water partition coefficient (Wildman–Crippen LogP) is 5.98. The first-order valence-corrected chi connectivity index (χ1v) is 16.0. The van der Waals surface area contributed by atoms with E-state index in [0.29, 0.717) is 15.6 Å². The number of para-hydroxylation sites is 2. The van der Waals surface area contributed by atoms with E-state index in [-0.39, 0.29) is 34.8 Å². The van der Waals surface area contributed by atoms with E-state index in [2.05, 4.69) is 5.32 Å². The molecule has 1 fully saturated rings. The van der Waals surface area contributed by atoms with Crippen molar-refractivity contribution >= 4 is 50.7 Å². The van der Waals surface area contributed by atoms with Crippen molar-refractivity contribution < 1.29 is 22.7 Å². The number of halogens is 2. The van der Waals surface area contributed by atoms with Crippen LogP contribution in [-0.2, 0) is 26.2 Å². The molecule has 1 aliphatic carbocycles. The maximum atomic E-state index is 14.1. The molecule has 0 saturated heterocycles. The lowest BCUT2D eigenvalue weighted by Crippen LogP contribution is -2.52. The predicted molar refractivity (Wildman–Crippen MR) is 166 cm³/mol. The third-order valence-corrected chi connectivity index (χ3v) is 9.96. The highest BCUT2D eigenvalue weighted by Crippen LogP contribution is 2.33. The Bertz CT molecular complexity index is 1530.